The van der Waals surface area contributed by atoms with Gasteiger partial charge in [0.15, 0.2) is 0 Å². The van der Waals surface area contributed by atoms with Gasteiger partial charge in [-0.05, 0) is 106 Å². The molecule has 0 spiro atoms. The number of anilines is 4. The fourth-order valence-corrected chi connectivity index (χ4v) is 9.24. The van der Waals surface area contributed by atoms with Crippen LogP contribution in [0.5, 0.6) is 11.5 Å². The third-order valence-corrected chi connectivity index (χ3v) is 12.7. The molecule has 15 nitrogen and oxygen atoms in total. The third-order valence-electron chi connectivity index (χ3n) is 12.1. The molecule has 0 radical (unpaired) electrons. The van der Waals surface area contributed by atoms with Crippen molar-refractivity contribution in [2.75, 3.05) is 72.9 Å². The number of amides is 2. The Morgan fingerprint density at radius 1 is 0.734 bits per heavy atom. The first-order chi connectivity index (χ1) is 30.9. The summed E-state index contributed by atoms with van der Waals surface area (Å²) in [7, 11) is 0. The van der Waals surface area contributed by atoms with Crippen LogP contribution in [0.4, 0.5) is 23.3 Å². The molecule has 2 amide bonds. The SMILES string of the molecule is Cc1ccc(OC(C(=O)Nc2ccc3nc(N4CCN(CCO)CC4)nc(C)c3c2)C(Oc2ccc(C)cc2Cl)C(=O)Nc2ccc3nc(N4CC5CC4CN5)nc(C)c3c2)c(Cl)c1. The highest BCUT2D eigenvalue weighted by atomic mass is 35.5. The van der Waals surface area contributed by atoms with Crippen LogP contribution in [0.3, 0.4) is 0 Å². The molecule has 2 aromatic heterocycles. The molecule has 4 unspecified atom stereocenters. The maximum atomic E-state index is 14.7. The van der Waals surface area contributed by atoms with Crippen LogP contribution in [0, 0.1) is 27.7 Å². The first-order valence-electron chi connectivity index (χ1n) is 21.5. The molecule has 3 saturated heterocycles. The standard InChI is InChI=1S/C47H50Cl2N10O5/c1-26-5-11-40(36(48)19-26)63-42(44(61)53-30-7-9-38-34(22-30)28(3)51-46(55-38)58-15-13-57(14-16-58)17-18-60)43(64-41-12-6-27(2)20-37(41)49)45(62)54-31-8-10-39-35(23-31)29(4)52-47(56-39)59-25-32-21-33(59)24-50-32/h5-12,19-20,22-23,32-33,42-43,50,60H,13-18,21,24-25H2,1-4H3,(H,53,61)(H,54,62). The van der Waals surface area contributed by atoms with Crippen molar-refractivity contribution in [3.05, 3.63) is 105 Å². The number of aliphatic hydroxyl groups excluding tert-OH is 1. The number of fused-ring (bicyclic) bond motifs is 4. The molecule has 2 bridgehead atoms. The Kier molecular flexibility index (Phi) is 12.4. The number of halogens is 2. The summed E-state index contributed by atoms with van der Waals surface area (Å²) in [5.74, 6) is 0.309. The van der Waals surface area contributed by atoms with Crippen LogP contribution in [0.15, 0.2) is 72.8 Å². The van der Waals surface area contributed by atoms with Crippen LogP contribution < -0.4 is 35.2 Å². The lowest BCUT2D eigenvalue weighted by molar-refractivity contribution is -0.136. The lowest BCUT2D eigenvalue weighted by Gasteiger charge is -2.34. The molecule has 4 N–H and O–H groups in total. The van der Waals surface area contributed by atoms with E-state index < -0.39 is 24.0 Å². The predicted octanol–water partition coefficient (Wildman–Crippen LogP) is 6.25. The van der Waals surface area contributed by atoms with E-state index in [1.807, 2.05) is 45.9 Å². The van der Waals surface area contributed by atoms with Crippen LogP contribution in [0.2, 0.25) is 10.0 Å². The molecule has 17 heteroatoms. The highest BCUT2D eigenvalue weighted by molar-refractivity contribution is 6.32. The molecule has 64 heavy (non-hydrogen) atoms. The van der Waals surface area contributed by atoms with Crippen molar-refractivity contribution in [1.82, 2.24) is 30.2 Å². The topological polar surface area (TPSA) is 170 Å². The zero-order valence-electron chi connectivity index (χ0n) is 36.1. The molecule has 9 rings (SSSR count). The number of ether oxygens (including phenoxy) is 2. The van der Waals surface area contributed by atoms with E-state index in [9.17, 15) is 14.7 Å². The minimum atomic E-state index is -1.60. The Balaban J connectivity index is 1.02. The number of hydrogen-bond donors (Lipinski definition) is 4. The lowest BCUT2D eigenvalue weighted by Crippen LogP contribution is -2.51. The molecular formula is C47H50Cl2N10O5. The summed E-state index contributed by atoms with van der Waals surface area (Å²) in [5, 5.41) is 20.8. The number of carbonyl (C=O) groups excluding carboxylic acids is 2. The van der Waals surface area contributed by atoms with Gasteiger partial charge in [0.1, 0.15) is 11.5 Å². The average Bonchev–Trinajstić information content (AvgIpc) is 3.92. The minimum absolute atomic E-state index is 0.124. The van der Waals surface area contributed by atoms with Gasteiger partial charge < -0.3 is 40.3 Å². The Bertz CT molecular complexity index is 2750. The lowest BCUT2D eigenvalue weighted by atomic mass is 10.1. The molecule has 332 valence electrons. The van der Waals surface area contributed by atoms with Crippen LogP contribution in [-0.4, -0.2) is 118 Å². The first kappa shape index (κ1) is 43.4. The molecular weight excluding hydrogens is 855 g/mol. The fourth-order valence-electron chi connectivity index (χ4n) is 8.69. The Morgan fingerprint density at radius 3 is 1.75 bits per heavy atom. The number of aliphatic hydroxyl groups is 1. The van der Waals surface area contributed by atoms with E-state index in [-0.39, 0.29) is 28.2 Å². The summed E-state index contributed by atoms with van der Waals surface area (Å²) >= 11 is 13.4. The summed E-state index contributed by atoms with van der Waals surface area (Å²) in [5.41, 5.74) is 5.57. The maximum Gasteiger partial charge on any atom is 0.269 e. The Hall–Kier alpha value is -5.84. The number of carbonyl (C=O) groups is 2. The zero-order valence-corrected chi connectivity index (χ0v) is 37.6. The summed E-state index contributed by atoms with van der Waals surface area (Å²) in [4.78, 5) is 55.5. The van der Waals surface area contributed by atoms with Crippen molar-refractivity contribution in [2.45, 2.75) is 58.4 Å². The monoisotopic (exact) mass is 904 g/mol. The van der Waals surface area contributed by atoms with E-state index in [0.717, 1.165) is 84.5 Å². The summed E-state index contributed by atoms with van der Waals surface area (Å²) in [6.07, 6.45) is -2.13. The first-order valence-corrected chi connectivity index (χ1v) is 22.3. The zero-order chi connectivity index (χ0) is 44.6. The quantitative estimate of drug-likeness (QED) is 0.103. The van der Waals surface area contributed by atoms with Gasteiger partial charge in [-0.15, -0.1) is 0 Å². The Labute approximate surface area is 381 Å². The molecule has 3 aliphatic heterocycles. The maximum absolute atomic E-state index is 14.7. The van der Waals surface area contributed by atoms with Gasteiger partial charge in [0.05, 0.1) is 39.1 Å². The van der Waals surface area contributed by atoms with E-state index >= 15 is 0 Å². The minimum Gasteiger partial charge on any atom is -0.474 e. The molecule has 3 fully saturated rings. The van der Waals surface area contributed by atoms with Gasteiger partial charge in [-0.3, -0.25) is 14.5 Å². The number of aromatic nitrogens is 4. The number of nitrogens with one attached hydrogen (secondary N) is 3. The van der Waals surface area contributed by atoms with E-state index in [1.165, 1.54) is 0 Å². The molecule has 4 atom stereocenters. The van der Waals surface area contributed by atoms with Gasteiger partial charge in [-0.1, -0.05) is 35.3 Å². The predicted molar refractivity (Wildman–Crippen MR) is 250 cm³/mol. The van der Waals surface area contributed by atoms with E-state index in [0.29, 0.717) is 47.4 Å². The van der Waals surface area contributed by atoms with Gasteiger partial charge in [0, 0.05) is 80.0 Å². The van der Waals surface area contributed by atoms with Crippen molar-refractivity contribution >= 4 is 80.1 Å². The van der Waals surface area contributed by atoms with Crippen LogP contribution in [-0.2, 0) is 9.59 Å². The number of benzene rings is 4. The molecule has 0 aliphatic carbocycles. The summed E-state index contributed by atoms with van der Waals surface area (Å²) < 4.78 is 12.9. The Morgan fingerprint density at radius 2 is 1.27 bits per heavy atom. The van der Waals surface area contributed by atoms with E-state index in [4.69, 9.17) is 52.6 Å². The van der Waals surface area contributed by atoms with Gasteiger partial charge in [-0.2, -0.15) is 0 Å². The smallest absolute Gasteiger partial charge is 0.269 e. The molecule has 6 aromatic rings. The van der Waals surface area contributed by atoms with E-state index in [2.05, 4.69) is 30.7 Å². The van der Waals surface area contributed by atoms with Crippen LogP contribution in [0.25, 0.3) is 21.8 Å². The number of nitrogens with zero attached hydrogens (tertiary/aromatic N) is 7. The molecule has 4 aromatic carbocycles. The van der Waals surface area contributed by atoms with Crippen molar-refractivity contribution in [3.8, 4) is 11.5 Å². The average molecular weight is 906 g/mol. The van der Waals surface area contributed by atoms with Gasteiger partial charge in [-0.25, -0.2) is 19.9 Å². The number of rotatable bonds is 13. The largest absolute Gasteiger partial charge is 0.474 e. The van der Waals surface area contributed by atoms with Crippen LogP contribution in [0.1, 0.15) is 28.9 Å². The molecule has 3 aliphatic rings. The van der Waals surface area contributed by atoms with Gasteiger partial charge >= 0.3 is 0 Å². The van der Waals surface area contributed by atoms with Gasteiger partial charge in [0.25, 0.3) is 11.8 Å². The second-order valence-corrected chi connectivity index (χ2v) is 17.6. The summed E-state index contributed by atoms with van der Waals surface area (Å²) in [6.45, 7) is 13.2. The second kappa shape index (κ2) is 18.3. The van der Waals surface area contributed by atoms with Crippen molar-refractivity contribution < 1.29 is 24.2 Å². The number of β-amino-alcohol motifs (C(OH)–C–C–N with tert-alkyl or cyclic N) is 1. The number of piperazine rings is 2. The van der Waals surface area contributed by atoms with Gasteiger partial charge in [0.2, 0.25) is 24.1 Å². The van der Waals surface area contributed by atoms with E-state index in [1.54, 1.807) is 54.6 Å². The van der Waals surface area contributed by atoms with Crippen molar-refractivity contribution in [1.29, 1.82) is 0 Å². The molecule has 0 saturated carbocycles. The number of hydrogen-bond acceptors (Lipinski definition) is 13. The third kappa shape index (κ3) is 9.22. The second-order valence-electron chi connectivity index (χ2n) is 16.8. The number of aryl methyl sites for hydroxylation is 4. The molecule has 5 heterocycles. The fraction of sp³-hybridized carbons (Fsp3) is 0.362. The van der Waals surface area contributed by atoms with Crippen molar-refractivity contribution in [3.63, 3.8) is 0 Å². The normalized spacial score (nSPS) is 18.4. The summed E-state index contributed by atoms with van der Waals surface area (Å²) in [6, 6.07) is 21.9. The highest BCUT2D eigenvalue weighted by Crippen LogP contribution is 2.33. The van der Waals surface area contributed by atoms with Crippen molar-refractivity contribution in [2.24, 2.45) is 0 Å². The highest BCUT2D eigenvalue weighted by Gasteiger charge is 2.41. The van der Waals surface area contributed by atoms with Crippen LogP contribution >= 0.6 is 23.2 Å².